The Hall–Kier alpha value is -2.62. The van der Waals surface area contributed by atoms with Gasteiger partial charge in [0.1, 0.15) is 0 Å². The van der Waals surface area contributed by atoms with Gasteiger partial charge in [-0.25, -0.2) is 0 Å². The van der Waals surface area contributed by atoms with Crippen molar-refractivity contribution in [3.05, 3.63) is 70.8 Å². The molecule has 1 unspecified atom stereocenters. The molecule has 0 aliphatic rings. The molecule has 24 heavy (non-hydrogen) atoms. The van der Waals surface area contributed by atoms with Crippen LogP contribution in [0, 0.1) is 0 Å². The number of carbonyl (C=O) groups is 2. The molecule has 126 valence electrons. The Morgan fingerprint density at radius 1 is 1.00 bits per heavy atom. The lowest BCUT2D eigenvalue weighted by atomic mass is 9.95. The maximum atomic E-state index is 12.4. The number of amides is 2. The van der Waals surface area contributed by atoms with Gasteiger partial charge in [0, 0.05) is 5.56 Å². The van der Waals surface area contributed by atoms with Gasteiger partial charge < -0.3 is 11.1 Å². The van der Waals surface area contributed by atoms with Crippen molar-refractivity contribution >= 4 is 11.8 Å². The van der Waals surface area contributed by atoms with Crippen LogP contribution >= 0.6 is 0 Å². The highest BCUT2D eigenvalue weighted by molar-refractivity contribution is 5.94. The minimum absolute atomic E-state index is 0.0766. The molecule has 0 spiro atoms. The molecule has 0 saturated heterocycles. The molecule has 4 nitrogen and oxygen atoms in total. The number of benzene rings is 2. The Kier molecular flexibility index (Phi) is 6.13. The minimum atomic E-state index is -0.439. The molecule has 0 aliphatic heterocycles. The van der Waals surface area contributed by atoms with E-state index in [1.807, 2.05) is 24.3 Å². The van der Waals surface area contributed by atoms with Gasteiger partial charge in [-0.2, -0.15) is 0 Å². The summed E-state index contributed by atoms with van der Waals surface area (Å²) in [6.07, 6.45) is 1.94. The van der Waals surface area contributed by atoms with E-state index in [4.69, 9.17) is 5.73 Å². The van der Waals surface area contributed by atoms with Crippen LogP contribution in [0.3, 0.4) is 0 Å². The molecule has 0 aromatic heterocycles. The van der Waals surface area contributed by atoms with Crippen LogP contribution in [0.5, 0.6) is 0 Å². The third kappa shape index (κ3) is 4.44. The zero-order chi connectivity index (χ0) is 17.5. The lowest BCUT2D eigenvalue weighted by Crippen LogP contribution is -2.31. The third-order valence-electron chi connectivity index (χ3n) is 4.14. The van der Waals surface area contributed by atoms with Crippen LogP contribution in [0.1, 0.15) is 53.4 Å². The van der Waals surface area contributed by atoms with E-state index in [0.29, 0.717) is 5.56 Å². The number of hydrogen-bond acceptors (Lipinski definition) is 2. The molecule has 0 saturated carbocycles. The number of carbonyl (C=O) groups excluding carboxylic acids is 2. The van der Waals surface area contributed by atoms with Crippen molar-refractivity contribution < 1.29 is 9.59 Å². The van der Waals surface area contributed by atoms with Crippen molar-refractivity contribution in [2.24, 2.45) is 5.73 Å². The molecule has 2 aromatic carbocycles. The van der Waals surface area contributed by atoms with Crippen LogP contribution in [0.4, 0.5) is 0 Å². The Morgan fingerprint density at radius 3 is 2.25 bits per heavy atom. The normalized spacial score (nSPS) is 11.8. The Labute approximate surface area is 143 Å². The second kappa shape index (κ2) is 8.29. The van der Waals surface area contributed by atoms with E-state index in [0.717, 1.165) is 18.4 Å². The molecule has 0 bridgehead atoms. The lowest BCUT2D eigenvalue weighted by Gasteiger charge is -2.20. The zero-order valence-electron chi connectivity index (χ0n) is 14.2. The van der Waals surface area contributed by atoms with E-state index in [9.17, 15) is 9.59 Å². The second-order valence-electron chi connectivity index (χ2n) is 5.80. The first-order chi connectivity index (χ1) is 11.5. The summed E-state index contributed by atoms with van der Waals surface area (Å²) in [5.74, 6) is -0.648. The molecule has 1 atom stereocenters. The van der Waals surface area contributed by atoms with Crippen molar-refractivity contribution in [3.63, 3.8) is 0 Å². The summed E-state index contributed by atoms with van der Waals surface area (Å²) >= 11 is 0. The molecule has 0 fully saturated rings. The van der Waals surface area contributed by atoms with Gasteiger partial charge in [-0.15, -0.1) is 0 Å². The SMILES string of the molecule is CCc1ccc(C(CC(N)=O)NC(=O)c2ccccc2)cc1CC. The third-order valence-corrected chi connectivity index (χ3v) is 4.14. The highest BCUT2D eigenvalue weighted by Gasteiger charge is 2.19. The number of nitrogens with one attached hydrogen (secondary N) is 1. The fourth-order valence-corrected chi connectivity index (χ4v) is 2.82. The summed E-state index contributed by atoms with van der Waals surface area (Å²) in [5.41, 5.74) is 9.37. The Morgan fingerprint density at radius 2 is 1.67 bits per heavy atom. The number of primary amides is 1. The highest BCUT2D eigenvalue weighted by Crippen LogP contribution is 2.22. The average Bonchev–Trinajstić information content (AvgIpc) is 2.60. The van der Waals surface area contributed by atoms with Gasteiger partial charge >= 0.3 is 0 Å². The van der Waals surface area contributed by atoms with Gasteiger partial charge in [-0.1, -0.05) is 50.2 Å². The van der Waals surface area contributed by atoms with E-state index in [-0.39, 0.29) is 12.3 Å². The summed E-state index contributed by atoms with van der Waals surface area (Å²) in [7, 11) is 0. The van der Waals surface area contributed by atoms with Gasteiger partial charge in [0.15, 0.2) is 0 Å². The van der Waals surface area contributed by atoms with Crippen LogP contribution in [0.15, 0.2) is 48.5 Å². The zero-order valence-corrected chi connectivity index (χ0v) is 14.2. The van der Waals surface area contributed by atoms with E-state index in [2.05, 4.69) is 31.3 Å². The molecule has 0 aliphatic carbocycles. The van der Waals surface area contributed by atoms with Gasteiger partial charge in [0.2, 0.25) is 5.91 Å². The second-order valence-corrected chi connectivity index (χ2v) is 5.80. The van der Waals surface area contributed by atoms with Gasteiger partial charge in [0.25, 0.3) is 5.91 Å². The Balaban J connectivity index is 2.28. The topological polar surface area (TPSA) is 72.2 Å². The number of aryl methyl sites for hydroxylation is 2. The summed E-state index contributed by atoms with van der Waals surface area (Å²) in [4.78, 5) is 23.9. The van der Waals surface area contributed by atoms with Crippen LogP contribution in [0.25, 0.3) is 0 Å². The maximum Gasteiger partial charge on any atom is 0.251 e. The first-order valence-corrected chi connectivity index (χ1v) is 8.31. The Bertz CT molecular complexity index is 711. The molecule has 3 N–H and O–H groups in total. The van der Waals surface area contributed by atoms with Crippen LogP contribution in [-0.2, 0) is 17.6 Å². The van der Waals surface area contributed by atoms with E-state index < -0.39 is 11.9 Å². The van der Waals surface area contributed by atoms with E-state index in [1.165, 1.54) is 11.1 Å². The fraction of sp³-hybridized carbons (Fsp3) is 0.300. The number of nitrogens with two attached hydrogens (primary N) is 1. The molecule has 4 heteroatoms. The van der Waals surface area contributed by atoms with E-state index in [1.54, 1.807) is 12.1 Å². The van der Waals surface area contributed by atoms with E-state index >= 15 is 0 Å². The first kappa shape index (κ1) is 17.7. The largest absolute Gasteiger partial charge is 0.370 e. The van der Waals surface area contributed by atoms with Crippen molar-refractivity contribution in [3.8, 4) is 0 Å². The molecular weight excluding hydrogens is 300 g/mol. The van der Waals surface area contributed by atoms with Gasteiger partial charge in [0.05, 0.1) is 12.5 Å². The molecule has 2 rings (SSSR count). The van der Waals surface area contributed by atoms with Crippen molar-refractivity contribution in [1.82, 2.24) is 5.32 Å². The predicted octanol–water partition coefficient (Wildman–Crippen LogP) is 3.16. The standard InChI is InChI=1S/C20H24N2O2/c1-3-14-10-11-17(12-15(14)4-2)18(13-19(21)23)22-20(24)16-8-6-5-7-9-16/h5-12,18H,3-4,13H2,1-2H3,(H2,21,23)(H,22,24). The highest BCUT2D eigenvalue weighted by atomic mass is 16.2. The summed E-state index contributed by atoms with van der Waals surface area (Å²) < 4.78 is 0. The molecular formula is C20H24N2O2. The number of rotatable bonds is 7. The van der Waals surface area contributed by atoms with Crippen molar-refractivity contribution in [1.29, 1.82) is 0 Å². The molecule has 2 aromatic rings. The molecule has 2 amide bonds. The van der Waals surface area contributed by atoms with Gasteiger partial charge in [-0.3, -0.25) is 9.59 Å². The summed E-state index contributed by atoms with van der Waals surface area (Å²) in [5, 5.41) is 2.93. The van der Waals surface area contributed by atoms with Gasteiger partial charge in [-0.05, 0) is 41.7 Å². The minimum Gasteiger partial charge on any atom is -0.370 e. The van der Waals surface area contributed by atoms with Crippen LogP contribution in [-0.4, -0.2) is 11.8 Å². The van der Waals surface area contributed by atoms with Crippen LogP contribution in [0.2, 0.25) is 0 Å². The summed E-state index contributed by atoms with van der Waals surface area (Å²) in [6.45, 7) is 4.22. The predicted molar refractivity (Wildman–Crippen MR) is 95.7 cm³/mol. The molecule has 0 heterocycles. The van der Waals surface area contributed by atoms with Crippen molar-refractivity contribution in [2.45, 2.75) is 39.2 Å². The smallest absolute Gasteiger partial charge is 0.251 e. The monoisotopic (exact) mass is 324 g/mol. The molecule has 0 radical (unpaired) electrons. The first-order valence-electron chi connectivity index (χ1n) is 8.31. The number of hydrogen-bond donors (Lipinski definition) is 2. The van der Waals surface area contributed by atoms with Crippen molar-refractivity contribution in [2.75, 3.05) is 0 Å². The van der Waals surface area contributed by atoms with Crippen LogP contribution < -0.4 is 11.1 Å². The maximum absolute atomic E-state index is 12.4. The fourth-order valence-electron chi connectivity index (χ4n) is 2.82. The quantitative estimate of drug-likeness (QED) is 0.821. The average molecular weight is 324 g/mol. The lowest BCUT2D eigenvalue weighted by molar-refractivity contribution is -0.118. The summed E-state index contributed by atoms with van der Waals surface area (Å²) in [6, 6.07) is 14.6.